The summed E-state index contributed by atoms with van der Waals surface area (Å²) in [6, 6.07) is 45.1. The molecular weight excluding hydrogens is 434 g/mol. The quantitative estimate of drug-likeness (QED) is 0.242. The Balaban J connectivity index is 1.52. The van der Waals surface area contributed by atoms with Crippen molar-refractivity contribution in [3.8, 4) is 0 Å². The number of benzene rings is 4. The Bertz CT molecular complexity index is 959. The van der Waals surface area contributed by atoms with E-state index in [1.54, 1.807) is 0 Å². The van der Waals surface area contributed by atoms with Crippen molar-refractivity contribution in [1.82, 2.24) is 0 Å². The van der Waals surface area contributed by atoms with Crippen LogP contribution in [0.15, 0.2) is 121 Å². The Morgan fingerprint density at radius 3 is 1.03 bits per heavy atom. The highest BCUT2D eigenvalue weighted by molar-refractivity contribution is 7.74. The van der Waals surface area contributed by atoms with Crippen LogP contribution in [0.1, 0.15) is 19.8 Å². The summed E-state index contributed by atoms with van der Waals surface area (Å²) in [5, 5.41) is 6.03. The van der Waals surface area contributed by atoms with Crippen LogP contribution in [-0.4, -0.2) is 12.3 Å². The van der Waals surface area contributed by atoms with Gasteiger partial charge in [0.25, 0.3) is 0 Å². The summed E-state index contributed by atoms with van der Waals surface area (Å²) in [7, 11) is -0.779. The van der Waals surface area contributed by atoms with Gasteiger partial charge in [0.05, 0.1) is 0 Å². The van der Waals surface area contributed by atoms with Crippen molar-refractivity contribution >= 4 is 37.1 Å². The summed E-state index contributed by atoms with van der Waals surface area (Å²) in [4.78, 5) is 0. The lowest BCUT2D eigenvalue weighted by Crippen LogP contribution is -2.34. The fourth-order valence-corrected chi connectivity index (χ4v) is 10.7. The lowest BCUT2D eigenvalue weighted by Gasteiger charge is -2.38. The Hall–Kier alpha value is -2.26. The van der Waals surface area contributed by atoms with E-state index in [-0.39, 0.29) is 15.8 Å². The van der Waals surface area contributed by atoms with E-state index in [4.69, 9.17) is 0 Å². The van der Waals surface area contributed by atoms with E-state index in [2.05, 4.69) is 128 Å². The average Bonchev–Trinajstić information content (AvgIpc) is 3.75. The molecule has 0 radical (unpaired) electrons. The second-order valence-corrected chi connectivity index (χ2v) is 13.9. The third kappa shape index (κ3) is 5.46. The lowest BCUT2D eigenvalue weighted by atomic mass is 9.89. The van der Waals surface area contributed by atoms with Gasteiger partial charge >= 0.3 is 0 Å². The van der Waals surface area contributed by atoms with E-state index >= 15 is 0 Å². The maximum absolute atomic E-state index is 2.60. The largest absolute Gasteiger partial charge is 0.0622 e. The zero-order chi connectivity index (χ0) is 22.5. The maximum Gasteiger partial charge on any atom is -0.0185 e. The molecule has 2 heteroatoms. The molecule has 1 aliphatic carbocycles. The third-order valence-corrected chi connectivity index (χ3v) is 12.6. The number of hydrogen-bond donors (Lipinski definition) is 0. The normalized spacial score (nSPS) is 14.0. The van der Waals surface area contributed by atoms with Crippen LogP contribution < -0.4 is 21.2 Å². The molecule has 0 aliphatic heterocycles. The first-order valence-electron chi connectivity index (χ1n) is 12.0. The predicted molar refractivity (Wildman–Crippen MR) is 149 cm³/mol. The summed E-state index contributed by atoms with van der Waals surface area (Å²) in [6.45, 7) is 2.60. The van der Waals surface area contributed by atoms with Crippen LogP contribution in [-0.2, 0) is 0 Å². The molecule has 166 valence electrons. The fraction of sp³-hybridized carbons (Fsp3) is 0.226. The average molecular weight is 467 g/mol. The summed E-state index contributed by atoms with van der Waals surface area (Å²) in [5.41, 5.74) is 0.328. The first-order chi connectivity index (χ1) is 16.2. The number of hydrogen-bond acceptors (Lipinski definition) is 0. The standard InChI is InChI=1S/C31H32P2/c1-31(26-22-23-26,24-32(27-14-6-2-7-15-27)28-16-8-3-9-17-28)25-33(29-18-10-4-11-19-29)30-20-12-5-13-21-30/h2-21,26H,22-25H2,1H3. The van der Waals surface area contributed by atoms with Crippen molar-refractivity contribution in [3.63, 3.8) is 0 Å². The predicted octanol–water partition coefficient (Wildman–Crippen LogP) is 6.67. The molecule has 0 spiro atoms. The Labute approximate surface area is 201 Å². The highest BCUT2D eigenvalue weighted by Gasteiger charge is 2.44. The van der Waals surface area contributed by atoms with Gasteiger partial charge in [0.1, 0.15) is 0 Å². The van der Waals surface area contributed by atoms with E-state index < -0.39 is 0 Å². The van der Waals surface area contributed by atoms with Crippen LogP contribution in [0.5, 0.6) is 0 Å². The van der Waals surface area contributed by atoms with Gasteiger partial charge in [-0.1, -0.05) is 128 Å². The molecule has 1 saturated carbocycles. The molecule has 0 bridgehead atoms. The van der Waals surface area contributed by atoms with Gasteiger partial charge in [0.15, 0.2) is 0 Å². The van der Waals surface area contributed by atoms with E-state index in [9.17, 15) is 0 Å². The van der Waals surface area contributed by atoms with Crippen molar-refractivity contribution in [3.05, 3.63) is 121 Å². The Morgan fingerprint density at radius 2 is 0.788 bits per heavy atom. The summed E-state index contributed by atoms with van der Waals surface area (Å²) in [6.07, 6.45) is 5.30. The molecule has 0 saturated heterocycles. The zero-order valence-electron chi connectivity index (χ0n) is 19.3. The van der Waals surface area contributed by atoms with Crippen LogP contribution in [0.25, 0.3) is 0 Å². The van der Waals surface area contributed by atoms with Crippen molar-refractivity contribution in [2.75, 3.05) is 12.3 Å². The molecule has 4 aromatic rings. The molecule has 1 fully saturated rings. The lowest BCUT2D eigenvalue weighted by molar-refractivity contribution is 0.366. The third-order valence-electron chi connectivity index (χ3n) is 6.87. The first-order valence-corrected chi connectivity index (χ1v) is 15.0. The molecule has 0 unspecified atom stereocenters. The second kappa shape index (κ2) is 10.3. The molecule has 33 heavy (non-hydrogen) atoms. The highest BCUT2D eigenvalue weighted by atomic mass is 31.1. The summed E-state index contributed by atoms with van der Waals surface area (Å²) in [5.74, 6) is 0.840. The molecule has 0 aromatic heterocycles. The molecule has 0 atom stereocenters. The van der Waals surface area contributed by atoms with Gasteiger partial charge in [-0.05, 0) is 73.6 Å². The molecule has 5 rings (SSSR count). The van der Waals surface area contributed by atoms with E-state index in [1.807, 2.05) is 0 Å². The van der Waals surface area contributed by atoms with Gasteiger partial charge in [0, 0.05) is 0 Å². The molecule has 0 nitrogen and oxygen atoms in total. The summed E-state index contributed by atoms with van der Waals surface area (Å²) < 4.78 is 0. The minimum atomic E-state index is -0.389. The van der Waals surface area contributed by atoms with Crippen LogP contribution in [0.4, 0.5) is 0 Å². The van der Waals surface area contributed by atoms with Crippen molar-refractivity contribution < 1.29 is 0 Å². The molecular formula is C31H32P2. The van der Waals surface area contributed by atoms with E-state index in [0.29, 0.717) is 5.41 Å². The Morgan fingerprint density at radius 1 is 0.515 bits per heavy atom. The minimum Gasteiger partial charge on any atom is -0.0622 e. The van der Waals surface area contributed by atoms with Gasteiger partial charge in [0.2, 0.25) is 0 Å². The van der Waals surface area contributed by atoms with Crippen LogP contribution in [0.3, 0.4) is 0 Å². The van der Waals surface area contributed by atoms with Gasteiger partial charge in [-0.15, -0.1) is 0 Å². The van der Waals surface area contributed by atoms with Gasteiger partial charge < -0.3 is 0 Å². The van der Waals surface area contributed by atoms with Crippen molar-refractivity contribution in [2.45, 2.75) is 19.8 Å². The summed E-state index contributed by atoms with van der Waals surface area (Å²) >= 11 is 0. The topological polar surface area (TPSA) is 0 Å². The number of rotatable bonds is 9. The zero-order valence-corrected chi connectivity index (χ0v) is 21.1. The van der Waals surface area contributed by atoms with Gasteiger partial charge in [-0.2, -0.15) is 0 Å². The molecule has 0 heterocycles. The van der Waals surface area contributed by atoms with Gasteiger partial charge in [-0.25, -0.2) is 0 Å². The fourth-order valence-electron chi connectivity index (χ4n) is 4.91. The Kier molecular flexibility index (Phi) is 7.06. The molecule has 0 amide bonds. The van der Waals surface area contributed by atoms with Crippen LogP contribution in [0, 0.1) is 11.3 Å². The van der Waals surface area contributed by atoms with Crippen LogP contribution in [0.2, 0.25) is 0 Å². The van der Waals surface area contributed by atoms with Gasteiger partial charge in [-0.3, -0.25) is 0 Å². The maximum atomic E-state index is 2.60. The molecule has 0 N–H and O–H groups in total. The smallest absolute Gasteiger partial charge is 0.0185 e. The van der Waals surface area contributed by atoms with E-state index in [1.165, 1.54) is 46.4 Å². The first kappa shape index (κ1) is 22.5. The van der Waals surface area contributed by atoms with Crippen molar-refractivity contribution in [1.29, 1.82) is 0 Å². The van der Waals surface area contributed by atoms with E-state index in [0.717, 1.165) is 5.92 Å². The van der Waals surface area contributed by atoms with Crippen LogP contribution >= 0.6 is 15.8 Å². The second-order valence-electron chi connectivity index (χ2n) is 9.44. The minimum absolute atomic E-state index is 0.328. The highest BCUT2D eigenvalue weighted by Crippen LogP contribution is 2.56. The SMILES string of the molecule is CC(CP(c1ccccc1)c1ccccc1)(CP(c1ccccc1)c1ccccc1)C1CC1. The molecule has 1 aliphatic rings. The molecule has 4 aromatic carbocycles. The van der Waals surface area contributed by atoms with Crippen molar-refractivity contribution in [2.24, 2.45) is 11.3 Å². The monoisotopic (exact) mass is 466 g/mol.